The molecule has 4 nitrogen and oxygen atoms in total. The van der Waals surface area contributed by atoms with Gasteiger partial charge in [-0.3, -0.25) is 0 Å². The molecule has 0 aliphatic carbocycles. The fourth-order valence-corrected chi connectivity index (χ4v) is 2.94. The van der Waals surface area contributed by atoms with Gasteiger partial charge in [-0.05, 0) is 46.9 Å². The second-order valence-electron chi connectivity index (χ2n) is 6.62. The van der Waals surface area contributed by atoms with Crippen LogP contribution in [0.4, 0.5) is 0 Å². The first-order valence-corrected chi connectivity index (χ1v) is 9.46. The van der Waals surface area contributed by atoms with Crippen molar-refractivity contribution >= 4 is 17.6 Å². The number of hydrogen-bond acceptors (Lipinski definition) is 3. The molecule has 3 rings (SSSR count). The lowest BCUT2D eigenvalue weighted by Crippen LogP contribution is -2.00. The molecular formula is C25H24O4. The average molecular weight is 388 g/mol. The largest absolute Gasteiger partial charge is 0.497 e. The van der Waals surface area contributed by atoms with Crippen molar-refractivity contribution in [1.29, 1.82) is 0 Å². The van der Waals surface area contributed by atoms with Crippen molar-refractivity contribution in [3.63, 3.8) is 0 Å². The second-order valence-corrected chi connectivity index (χ2v) is 6.62. The predicted octanol–water partition coefficient (Wildman–Crippen LogP) is 5.08. The van der Waals surface area contributed by atoms with Crippen LogP contribution in [-0.2, 0) is 22.6 Å². The Hall–Kier alpha value is -3.37. The molecule has 1 N–H and O–H groups in total. The first-order valence-electron chi connectivity index (χ1n) is 9.46. The second kappa shape index (κ2) is 10.2. The van der Waals surface area contributed by atoms with Crippen LogP contribution in [0.1, 0.15) is 22.3 Å². The van der Waals surface area contributed by atoms with E-state index in [2.05, 4.69) is 0 Å². The van der Waals surface area contributed by atoms with Gasteiger partial charge in [-0.1, -0.05) is 66.7 Å². The maximum atomic E-state index is 11.7. The van der Waals surface area contributed by atoms with Gasteiger partial charge >= 0.3 is 5.97 Å². The molecule has 0 saturated heterocycles. The first kappa shape index (κ1) is 20.4. The summed E-state index contributed by atoms with van der Waals surface area (Å²) in [5.74, 6) is -0.272. The van der Waals surface area contributed by atoms with Gasteiger partial charge in [0.2, 0.25) is 0 Å². The average Bonchev–Trinajstić information content (AvgIpc) is 2.76. The Bertz CT molecular complexity index is 942. The molecule has 0 bridgehead atoms. The van der Waals surface area contributed by atoms with Crippen molar-refractivity contribution in [2.24, 2.45) is 0 Å². The molecule has 3 aromatic carbocycles. The molecule has 0 amide bonds. The summed E-state index contributed by atoms with van der Waals surface area (Å²) in [6.07, 6.45) is 2.49. The van der Waals surface area contributed by atoms with Gasteiger partial charge in [0, 0.05) is 0 Å². The maximum Gasteiger partial charge on any atom is 0.336 e. The monoisotopic (exact) mass is 388 g/mol. The zero-order valence-corrected chi connectivity index (χ0v) is 16.4. The number of carbonyl (C=O) groups is 1. The number of aliphatic carboxylic acids is 1. The quantitative estimate of drug-likeness (QED) is 0.315. The molecule has 0 saturated carbocycles. The van der Waals surface area contributed by atoms with Crippen molar-refractivity contribution in [3.8, 4) is 5.75 Å². The molecule has 0 atom stereocenters. The summed E-state index contributed by atoms with van der Waals surface area (Å²) in [6, 6.07) is 25.0. The van der Waals surface area contributed by atoms with Gasteiger partial charge < -0.3 is 14.6 Å². The highest BCUT2D eigenvalue weighted by atomic mass is 16.5. The number of ether oxygens (including phenoxy) is 2. The van der Waals surface area contributed by atoms with E-state index in [-0.39, 0.29) is 5.57 Å². The molecule has 148 valence electrons. The molecule has 29 heavy (non-hydrogen) atoms. The van der Waals surface area contributed by atoms with E-state index in [0.717, 1.165) is 23.1 Å². The minimum Gasteiger partial charge on any atom is -0.497 e. The van der Waals surface area contributed by atoms with Crippen molar-refractivity contribution in [3.05, 3.63) is 101 Å². The Morgan fingerprint density at radius 3 is 2.21 bits per heavy atom. The number of benzene rings is 3. The topological polar surface area (TPSA) is 55.8 Å². The number of methoxy groups -OCH3 is 1. The lowest BCUT2D eigenvalue weighted by molar-refractivity contribution is -0.130. The van der Waals surface area contributed by atoms with Crippen molar-refractivity contribution < 1.29 is 19.4 Å². The molecule has 0 aliphatic heterocycles. The van der Waals surface area contributed by atoms with E-state index in [1.54, 1.807) is 37.5 Å². The number of rotatable bonds is 9. The third kappa shape index (κ3) is 6.06. The van der Waals surface area contributed by atoms with Gasteiger partial charge in [-0.15, -0.1) is 0 Å². The fourth-order valence-electron chi connectivity index (χ4n) is 2.94. The molecule has 0 aromatic heterocycles. The third-order valence-electron chi connectivity index (χ3n) is 4.57. The van der Waals surface area contributed by atoms with Crippen molar-refractivity contribution in [2.75, 3.05) is 13.7 Å². The first-order chi connectivity index (χ1) is 14.2. The van der Waals surface area contributed by atoms with E-state index in [0.29, 0.717) is 24.5 Å². The summed E-state index contributed by atoms with van der Waals surface area (Å²) in [4.78, 5) is 11.7. The summed E-state index contributed by atoms with van der Waals surface area (Å²) in [6.45, 7) is 1.24. The van der Waals surface area contributed by atoms with Gasteiger partial charge in [0.15, 0.2) is 0 Å². The summed E-state index contributed by atoms with van der Waals surface area (Å²) in [5.41, 5.74) is 4.03. The third-order valence-corrected chi connectivity index (χ3v) is 4.57. The summed E-state index contributed by atoms with van der Waals surface area (Å²) in [5, 5.41) is 9.59. The molecule has 0 aliphatic rings. The molecule has 0 spiro atoms. The molecule has 0 heterocycles. The highest BCUT2D eigenvalue weighted by Crippen LogP contribution is 2.22. The van der Waals surface area contributed by atoms with E-state index < -0.39 is 5.97 Å². The van der Waals surface area contributed by atoms with E-state index in [1.165, 1.54) is 0 Å². The van der Waals surface area contributed by atoms with Crippen LogP contribution < -0.4 is 4.74 Å². The smallest absolute Gasteiger partial charge is 0.336 e. The molecular weight excluding hydrogens is 364 g/mol. The Balaban J connectivity index is 1.60. The number of hydrogen-bond donors (Lipinski definition) is 1. The molecule has 0 unspecified atom stereocenters. The maximum absolute atomic E-state index is 11.7. The lowest BCUT2D eigenvalue weighted by Gasteiger charge is -2.07. The minimum atomic E-state index is -0.964. The van der Waals surface area contributed by atoms with E-state index in [4.69, 9.17) is 9.47 Å². The summed E-state index contributed by atoms with van der Waals surface area (Å²) < 4.78 is 10.9. The van der Waals surface area contributed by atoms with Gasteiger partial charge in [-0.2, -0.15) is 0 Å². The highest BCUT2D eigenvalue weighted by molar-refractivity contribution is 6.20. The van der Waals surface area contributed by atoms with Crippen molar-refractivity contribution in [2.45, 2.75) is 13.0 Å². The van der Waals surface area contributed by atoms with Gasteiger partial charge in [0.25, 0.3) is 0 Å². The highest BCUT2D eigenvalue weighted by Gasteiger charge is 2.10. The van der Waals surface area contributed by atoms with Crippen molar-refractivity contribution in [1.82, 2.24) is 0 Å². The van der Waals surface area contributed by atoms with Crippen LogP contribution in [-0.4, -0.2) is 24.8 Å². The Morgan fingerprint density at radius 2 is 1.59 bits per heavy atom. The zero-order valence-electron chi connectivity index (χ0n) is 16.4. The normalized spacial score (nSPS) is 11.3. The Labute approximate surface area is 171 Å². The van der Waals surface area contributed by atoms with Gasteiger partial charge in [-0.25, -0.2) is 4.79 Å². The van der Waals surface area contributed by atoms with Crippen LogP contribution in [0, 0.1) is 0 Å². The van der Waals surface area contributed by atoms with Crippen LogP contribution >= 0.6 is 0 Å². The van der Waals surface area contributed by atoms with Crippen LogP contribution in [0.5, 0.6) is 5.75 Å². The SMILES string of the molecule is COc1ccc(C(=Cc2ccc(CCOCc3ccccc3)cc2)C(=O)O)cc1. The van der Waals surface area contributed by atoms with Gasteiger partial charge in [0.05, 0.1) is 25.9 Å². The van der Waals surface area contributed by atoms with Crippen LogP contribution in [0.25, 0.3) is 11.6 Å². The molecule has 0 radical (unpaired) electrons. The minimum absolute atomic E-state index is 0.242. The number of carboxylic acid groups (broad SMARTS) is 1. The zero-order chi connectivity index (χ0) is 20.5. The Morgan fingerprint density at radius 1 is 0.897 bits per heavy atom. The predicted molar refractivity (Wildman–Crippen MR) is 115 cm³/mol. The van der Waals surface area contributed by atoms with E-state index >= 15 is 0 Å². The lowest BCUT2D eigenvalue weighted by atomic mass is 10.0. The summed E-state index contributed by atoms with van der Waals surface area (Å²) >= 11 is 0. The molecule has 0 fully saturated rings. The molecule has 4 heteroatoms. The van der Waals surface area contributed by atoms with Gasteiger partial charge in [0.1, 0.15) is 5.75 Å². The van der Waals surface area contributed by atoms with E-state index in [1.807, 2.05) is 54.6 Å². The van der Waals surface area contributed by atoms with Crippen LogP contribution in [0.2, 0.25) is 0 Å². The van der Waals surface area contributed by atoms with Crippen LogP contribution in [0.3, 0.4) is 0 Å². The molecule has 3 aromatic rings. The fraction of sp³-hybridized carbons (Fsp3) is 0.160. The standard InChI is InChI=1S/C25H24O4/c1-28-23-13-11-22(12-14-23)24(25(26)27)17-20-9-7-19(8-10-20)15-16-29-18-21-5-3-2-4-6-21/h2-14,17H,15-16,18H2,1H3,(H,26,27). The number of carboxylic acids is 1. The Kier molecular flexibility index (Phi) is 7.20. The van der Waals surface area contributed by atoms with Crippen LogP contribution in [0.15, 0.2) is 78.9 Å². The summed E-state index contributed by atoms with van der Waals surface area (Å²) in [7, 11) is 1.58. The van der Waals surface area contributed by atoms with E-state index in [9.17, 15) is 9.90 Å².